The summed E-state index contributed by atoms with van der Waals surface area (Å²) in [5.74, 6) is -0.617. The number of hydrogen-bond acceptors (Lipinski definition) is 5. The minimum atomic E-state index is -3.84. The number of hydrogen-bond donors (Lipinski definition) is 2. The Morgan fingerprint density at radius 3 is 2.24 bits per heavy atom. The van der Waals surface area contributed by atoms with E-state index in [9.17, 15) is 21.6 Å². The molecule has 1 heterocycles. The first-order valence-electron chi connectivity index (χ1n) is 11.8. The standard InChI is InChI=1S/C26H28ClN3O5S2/c1-19-7-8-22(27)17-25(19)29-37(34,35)24-11-9-23(10-12-24)28-26(31)21-13-15-30(16-14-21)36(32,33)18-20-5-3-2-4-6-20/h2-12,17,21,29H,13-16,18H2,1H3,(H,28,31). The second kappa shape index (κ2) is 11.2. The van der Waals surface area contributed by atoms with Crippen molar-refractivity contribution >= 4 is 48.9 Å². The second-order valence-electron chi connectivity index (χ2n) is 8.99. The van der Waals surface area contributed by atoms with E-state index in [2.05, 4.69) is 10.0 Å². The molecule has 0 saturated carbocycles. The van der Waals surface area contributed by atoms with Crippen molar-refractivity contribution in [2.75, 3.05) is 23.1 Å². The molecule has 0 aliphatic carbocycles. The van der Waals surface area contributed by atoms with Crippen LogP contribution in [0.1, 0.15) is 24.0 Å². The van der Waals surface area contributed by atoms with Gasteiger partial charge in [0.25, 0.3) is 10.0 Å². The number of halogens is 1. The molecule has 1 aliphatic heterocycles. The molecule has 37 heavy (non-hydrogen) atoms. The van der Waals surface area contributed by atoms with Crippen molar-refractivity contribution in [3.63, 3.8) is 0 Å². The Labute approximate surface area is 222 Å². The fourth-order valence-electron chi connectivity index (χ4n) is 4.14. The first-order chi connectivity index (χ1) is 17.5. The molecule has 0 spiro atoms. The van der Waals surface area contributed by atoms with Gasteiger partial charge in [-0.15, -0.1) is 0 Å². The number of carbonyl (C=O) groups is 1. The van der Waals surface area contributed by atoms with Gasteiger partial charge in [-0.25, -0.2) is 21.1 Å². The molecule has 1 amide bonds. The highest BCUT2D eigenvalue weighted by Gasteiger charge is 2.31. The molecule has 2 N–H and O–H groups in total. The van der Waals surface area contributed by atoms with Crippen LogP contribution in [-0.4, -0.2) is 40.1 Å². The summed E-state index contributed by atoms with van der Waals surface area (Å²) in [5.41, 5.74) is 2.31. The maximum Gasteiger partial charge on any atom is 0.261 e. The Morgan fingerprint density at radius 1 is 0.946 bits per heavy atom. The van der Waals surface area contributed by atoms with Crippen LogP contribution in [0.4, 0.5) is 11.4 Å². The maximum absolute atomic E-state index is 12.8. The zero-order chi connectivity index (χ0) is 26.6. The molecule has 0 unspecified atom stereocenters. The van der Waals surface area contributed by atoms with Crippen molar-refractivity contribution in [3.8, 4) is 0 Å². The van der Waals surface area contributed by atoms with Crippen LogP contribution in [0.25, 0.3) is 0 Å². The minimum Gasteiger partial charge on any atom is -0.326 e. The summed E-state index contributed by atoms with van der Waals surface area (Å²) in [4.78, 5) is 12.8. The Hall–Kier alpha value is -2.92. The molecule has 0 aromatic heterocycles. The zero-order valence-corrected chi connectivity index (χ0v) is 22.6. The highest BCUT2D eigenvalue weighted by molar-refractivity contribution is 7.92. The van der Waals surface area contributed by atoms with Crippen molar-refractivity contribution in [1.82, 2.24) is 4.31 Å². The third-order valence-corrected chi connectivity index (χ3v) is 9.75. The van der Waals surface area contributed by atoms with Gasteiger partial charge in [0.15, 0.2) is 0 Å². The van der Waals surface area contributed by atoms with Crippen LogP contribution in [0.15, 0.2) is 77.7 Å². The quantitative estimate of drug-likeness (QED) is 0.416. The second-order valence-corrected chi connectivity index (χ2v) is 13.1. The summed E-state index contributed by atoms with van der Waals surface area (Å²) in [6, 6.07) is 19.8. The molecule has 1 saturated heterocycles. The fraction of sp³-hybridized carbons (Fsp3) is 0.269. The van der Waals surface area contributed by atoms with Gasteiger partial charge < -0.3 is 5.32 Å². The van der Waals surface area contributed by atoms with Gasteiger partial charge in [-0.3, -0.25) is 9.52 Å². The van der Waals surface area contributed by atoms with Crippen LogP contribution in [0.2, 0.25) is 5.02 Å². The molecule has 1 fully saturated rings. The molecule has 4 rings (SSSR count). The highest BCUT2D eigenvalue weighted by atomic mass is 35.5. The SMILES string of the molecule is Cc1ccc(Cl)cc1NS(=O)(=O)c1ccc(NC(=O)C2CCN(S(=O)(=O)Cc3ccccc3)CC2)cc1. The van der Waals surface area contributed by atoms with Gasteiger partial charge in [0.05, 0.1) is 16.3 Å². The summed E-state index contributed by atoms with van der Waals surface area (Å²) in [6.07, 6.45) is 0.824. The van der Waals surface area contributed by atoms with Crippen molar-refractivity contribution in [1.29, 1.82) is 0 Å². The van der Waals surface area contributed by atoms with Gasteiger partial charge >= 0.3 is 0 Å². The van der Waals surface area contributed by atoms with Gasteiger partial charge in [-0.1, -0.05) is 48.0 Å². The molecule has 0 radical (unpaired) electrons. The summed E-state index contributed by atoms with van der Waals surface area (Å²) in [7, 11) is -7.30. The van der Waals surface area contributed by atoms with E-state index in [0.29, 0.717) is 29.2 Å². The number of sulfonamides is 2. The van der Waals surface area contributed by atoms with E-state index >= 15 is 0 Å². The average molecular weight is 562 g/mol. The number of aryl methyl sites for hydroxylation is 1. The predicted molar refractivity (Wildman–Crippen MR) is 145 cm³/mol. The number of nitrogens with zero attached hydrogens (tertiary/aromatic N) is 1. The lowest BCUT2D eigenvalue weighted by atomic mass is 9.97. The number of amides is 1. The van der Waals surface area contributed by atoms with E-state index in [1.807, 2.05) is 6.07 Å². The number of anilines is 2. The molecular weight excluding hydrogens is 534 g/mol. The van der Waals surface area contributed by atoms with E-state index in [1.54, 1.807) is 49.4 Å². The van der Waals surface area contributed by atoms with E-state index in [-0.39, 0.29) is 35.6 Å². The zero-order valence-electron chi connectivity index (χ0n) is 20.2. The third kappa shape index (κ3) is 6.89. The lowest BCUT2D eigenvalue weighted by Crippen LogP contribution is -2.41. The molecule has 0 atom stereocenters. The van der Waals surface area contributed by atoms with Crippen molar-refractivity contribution < 1.29 is 21.6 Å². The Bertz CT molecular complexity index is 1470. The number of piperidine rings is 1. The number of carbonyl (C=O) groups excluding carboxylic acids is 1. The number of benzene rings is 3. The summed E-state index contributed by atoms with van der Waals surface area (Å²) in [5, 5.41) is 3.23. The average Bonchev–Trinajstić information content (AvgIpc) is 2.87. The summed E-state index contributed by atoms with van der Waals surface area (Å²) >= 11 is 5.98. The topological polar surface area (TPSA) is 113 Å². The largest absolute Gasteiger partial charge is 0.326 e. The highest BCUT2D eigenvalue weighted by Crippen LogP contribution is 2.26. The monoisotopic (exact) mass is 561 g/mol. The normalized spacial score (nSPS) is 15.3. The van der Waals surface area contributed by atoms with Crippen LogP contribution in [-0.2, 0) is 30.6 Å². The molecule has 8 nitrogen and oxygen atoms in total. The number of nitrogens with one attached hydrogen (secondary N) is 2. The van der Waals surface area contributed by atoms with E-state index in [4.69, 9.17) is 11.6 Å². The van der Waals surface area contributed by atoms with Crippen molar-refractivity contribution in [2.45, 2.75) is 30.4 Å². The Morgan fingerprint density at radius 2 is 1.59 bits per heavy atom. The van der Waals surface area contributed by atoms with Crippen LogP contribution in [0.3, 0.4) is 0 Å². The van der Waals surface area contributed by atoms with Gasteiger partial charge in [-0.2, -0.15) is 0 Å². The van der Waals surface area contributed by atoms with Gasteiger partial charge in [0.2, 0.25) is 15.9 Å². The molecular formula is C26H28ClN3O5S2. The van der Waals surface area contributed by atoms with Gasteiger partial charge in [0, 0.05) is 29.7 Å². The van der Waals surface area contributed by atoms with Crippen LogP contribution < -0.4 is 10.0 Å². The van der Waals surface area contributed by atoms with Gasteiger partial charge in [0.1, 0.15) is 0 Å². The Kier molecular flexibility index (Phi) is 8.23. The predicted octanol–water partition coefficient (Wildman–Crippen LogP) is 4.63. The van der Waals surface area contributed by atoms with Crippen molar-refractivity contribution in [3.05, 3.63) is 88.9 Å². The summed E-state index contributed by atoms with van der Waals surface area (Å²) < 4.78 is 55.0. The molecule has 1 aliphatic rings. The van der Waals surface area contributed by atoms with E-state index < -0.39 is 20.0 Å². The molecule has 0 bridgehead atoms. The van der Waals surface area contributed by atoms with Crippen LogP contribution in [0.5, 0.6) is 0 Å². The van der Waals surface area contributed by atoms with E-state index in [0.717, 1.165) is 11.1 Å². The molecule has 3 aromatic carbocycles. The lowest BCUT2D eigenvalue weighted by Gasteiger charge is -2.30. The van der Waals surface area contributed by atoms with Crippen molar-refractivity contribution in [2.24, 2.45) is 5.92 Å². The maximum atomic E-state index is 12.8. The Balaban J connectivity index is 1.33. The first kappa shape index (κ1) is 27.1. The van der Waals surface area contributed by atoms with Crippen LogP contribution >= 0.6 is 11.6 Å². The number of rotatable bonds is 8. The molecule has 11 heteroatoms. The minimum absolute atomic E-state index is 0.0433. The van der Waals surface area contributed by atoms with Gasteiger partial charge in [-0.05, 0) is 67.3 Å². The van der Waals surface area contributed by atoms with Crippen LogP contribution in [0, 0.1) is 12.8 Å². The third-order valence-electron chi connectivity index (χ3n) is 6.29. The molecule has 196 valence electrons. The first-order valence-corrected chi connectivity index (χ1v) is 15.2. The molecule has 3 aromatic rings. The van der Waals surface area contributed by atoms with E-state index in [1.165, 1.54) is 28.6 Å². The fourth-order valence-corrected chi connectivity index (χ4v) is 7.00. The lowest BCUT2D eigenvalue weighted by molar-refractivity contribution is -0.120. The summed E-state index contributed by atoms with van der Waals surface area (Å²) in [6.45, 7) is 2.33. The smallest absolute Gasteiger partial charge is 0.261 e.